The first kappa shape index (κ1) is 20.6. The van der Waals surface area contributed by atoms with Gasteiger partial charge in [-0.15, -0.1) is 5.10 Å². The molecule has 2 fully saturated rings. The Morgan fingerprint density at radius 3 is 2.68 bits per heavy atom. The number of aromatic nitrogens is 3. The monoisotopic (exact) mass is 428 g/mol. The zero-order valence-electron chi connectivity index (χ0n) is 17.4. The molecule has 1 aromatic heterocycles. The van der Waals surface area contributed by atoms with Crippen molar-refractivity contribution in [2.75, 3.05) is 26.1 Å². The third-order valence-electron chi connectivity index (χ3n) is 5.66. The van der Waals surface area contributed by atoms with Crippen molar-refractivity contribution >= 4 is 23.8 Å². The van der Waals surface area contributed by atoms with Gasteiger partial charge in [-0.3, -0.25) is 24.9 Å². The van der Waals surface area contributed by atoms with E-state index in [1.807, 2.05) is 0 Å². The zero-order chi connectivity index (χ0) is 22.0. The van der Waals surface area contributed by atoms with Crippen LogP contribution in [0.15, 0.2) is 18.2 Å². The summed E-state index contributed by atoms with van der Waals surface area (Å²) in [5.41, 5.74) is -0.234. The van der Waals surface area contributed by atoms with Gasteiger partial charge in [-0.05, 0) is 25.0 Å². The number of carbonyl (C=O) groups is 3. The van der Waals surface area contributed by atoms with Crippen molar-refractivity contribution in [2.45, 2.75) is 37.6 Å². The number of amides is 4. The SMILES string of the molecule is COc1ccc(-c2nc(NC(=O)CN3C(=O)NC4(CCCCC4)C3=O)n[nH]2)c(OC)c1. The number of ether oxygens (including phenoxy) is 2. The van der Waals surface area contributed by atoms with E-state index in [4.69, 9.17) is 9.47 Å². The lowest BCUT2D eigenvalue weighted by Gasteiger charge is -2.30. The summed E-state index contributed by atoms with van der Waals surface area (Å²) in [5, 5.41) is 12.0. The number of benzene rings is 1. The van der Waals surface area contributed by atoms with Gasteiger partial charge >= 0.3 is 6.03 Å². The first-order valence-corrected chi connectivity index (χ1v) is 10.0. The largest absolute Gasteiger partial charge is 0.497 e. The molecule has 3 N–H and O–H groups in total. The number of hydrogen-bond donors (Lipinski definition) is 3. The van der Waals surface area contributed by atoms with E-state index in [9.17, 15) is 14.4 Å². The third-order valence-corrected chi connectivity index (χ3v) is 5.66. The van der Waals surface area contributed by atoms with Gasteiger partial charge in [0.25, 0.3) is 5.91 Å². The fraction of sp³-hybridized carbons (Fsp3) is 0.450. The minimum absolute atomic E-state index is 0.0253. The van der Waals surface area contributed by atoms with Gasteiger partial charge in [0.1, 0.15) is 23.6 Å². The van der Waals surface area contributed by atoms with Crippen LogP contribution < -0.4 is 20.1 Å². The minimum atomic E-state index is -0.863. The first-order chi connectivity index (χ1) is 15.0. The van der Waals surface area contributed by atoms with Crippen LogP contribution in [-0.2, 0) is 9.59 Å². The number of carbonyl (C=O) groups excluding carboxylic acids is 3. The molecular formula is C20H24N6O5. The van der Waals surface area contributed by atoms with Gasteiger partial charge in [0, 0.05) is 6.07 Å². The van der Waals surface area contributed by atoms with Crippen LogP contribution in [-0.4, -0.2) is 64.2 Å². The van der Waals surface area contributed by atoms with Gasteiger partial charge in [-0.2, -0.15) is 4.98 Å². The fourth-order valence-electron chi connectivity index (χ4n) is 4.05. The van der Waals surface area contributed by atoms with Crippen LogP contribution in [0.1, 0.15) is 32.1 Å². The highest BCUT2D eigenvalue weighted by Crippen LogP contribution is 2.34. The number of urea groups is 1. The second-order valence-electron chi connectivity index (χ2n) is 7.59. The molecule has 31 heavy (non-hydrogen) atoms. The van der Waals surface area contributed by atoms with Crippen molar-refractivity contribution < 1.29 is 23.9 Å². The van der Waals surface area contributed by atoms with E-state index < -0.39 is 24.0 Å². The molecule has 2 heterocycles. The first-order valence-electron chi connectivity index (χ1n) is 10.0. The van der Waals surface area contributed by atoms with Crippen LogP contribution >= 0.6 is 0 Å². The van der Waals surface area contributed by atoms with E-state index >= 15 is 0 Å². The van der Waals surface area contributed by atoms with Crippen molar-refractivity contribution in [3.05, 3.63) is 18.2 Å². The third kappa shape index (κ3) is 3.90. The molecule has 0 bridgehead atoms. The molecule has 2 aromatic rings. The van der Waals surface area contributed by atoms with Crippen LogP contribution in [0.2, 0.25) is 0 Å². The fourth-order valence-corrected chi connectivity index (χ4v) is 4.05. The molecule has 0 atom stereocenters. The van der Waals surface area contributed by atoms with Crippen LogP contribution in [0.4, 0.5) is 10.7 Å². The van der Waals surface area contributed by atoms with Crippen LogP contribution in [0.25, 0.3) is 11.4 Å². The quantitative estimate of drug-likeness (QED) is 0.595. The molecule has 1 spiro atoms. The molecule has 1 aromatic carbocycles. The standard InChI is InChI=1S/C20H24N6O5/c1-30-12-6-7-13(14(10-12)31-2)16-22-18(25-24-16)21-15(27)11-26-17(28)20(23-19(26)29)8-4-3-5-9-20/h6-7,10H,3-5,8-9,11H2,1-2H3,(H,23,29)(H2,21,22,24,25,27). The molecule has 0 radical (unpaired) electrons. The lowest BCUT2D eigenvalue weighted by atomic mass is 9.82. The average Bonchev–Trinajstić information content (AvgIpc) is 3.32. The highest BCUT2D eigenvalue weighted by Gasteiger charge is 2.51. The summed E-state index contributed by atoms with van der Waals surface area (Å²) in [7, 11) is 3.08. The molecule has 4 rings (SSSR count). The summed E-state index contributed by atoms with van der Waals surface area (Å²) in [6.07, 6.45) is 3.99. The Labute approximate surface area is 178 Å². The lowest BCUT2D eigenvalue weighted by Crippen LogP contribution is -2.48. The maximum atomic E-state index is 12.8. The van der Waals surface area contributed by atoms with E-state index in [2.05, 4.69) is 25.8 Å². The average molecular weight is 428 g/mol. The molecule has 1 saturated carbocycles. The maximum absolute atomic E-state index is 12.8. The lowest BCUT2D eigenvalue weighted by molar-refractivity contribution is -0.134. The Hall–Kier alpha value is -3.63. The number of methoxy groups -OCH3 is 2. The van der Waals surface area contributed by atoms with E-state index in [-0.39, 0.29) is 11.9 Å². The second-order valence-corrected chi connectivity index (χ2v) is 7.59. The smallest absolute Gasteiger partial charge is 0.325 e. The predicted molar refractivity (Wildman–Crippen MR) is 110 cm³/mol. The Morgan fingerprint density at radius 1 is 1.19 bits per heavy atom. The molecule has 1 aliphatic heterocycles. The number of nitrogens with one attached hydrogen (secondary N) is 3. The highest BCUT2D eigenvalue weighted by molar-refractivity contribution is 6.10. The van der Waals surface area contributed by atoms with Crippen molar-refractivity contribution in [3.8, 4) is 22.9 Å². The number of nitrogens with zero attached hydrogens (tertiary/aromatic N) is 3. The van der Waals surface area contributed by atoms with Gasteiger partial charge < -0.3 is 14.8 Å². The Balaban J connectivity index is 1.43. The molecule has 0 unspecified atom stereocenters. The van der Waals surface area contributed by atoms with Crippen molar-refractivity contribution in [3.63, 3.8) is 0 Å². The van der Waals surface area contributed by atoms with Crippen LogP contribution in [0.5, 0.6) is 11.5 Å². The zero-order valence-corrected chi connectivity index (χ0v) is 17.4. The van der Waals surface area contributed by atoms with E-state index in [1.165, 1.54) is 7.11 Å². The van der Waals surface area contributed by atoms with E-state index in [1.54, 1.807) is 25.3 Å². The number of hydrogen-bond acceptors (Lipinski definition) is 7. The van der Waals surface area contributed by atoms with Crippen molar-refractivity contribution in [1.82, 2.24) is 25.4 Å². The van der Waals surface area contributed by atoms with Gasteiger partial charge in [-0.25, -0.2) is 4.79 Å². The van der Waals surface area contributed by atoms with Crippen LogP contribution in [0.3, 0.4) is 0 Å². The summed E-state index contributed by atoms with van der Waals surface area (Å²) >= 11 is 0. The normalized spacial score (nSPS) is 17.5. The number of anilines is 1. The molecule has 11 heteroatoms. The van der Waals surface area contributed by atoms with Crippen LogP contribution in [0, 0.1) is 0 Å². The Morgan fingerprint density at radius 2 is 1.97 bits per heavy atom. The van der Waals surface area contributed by atoms with E-state index in [0.29, 0.717) is 35.7 Å². The van der Waals surface area contributed by atoms with E-state index in [0.717, 1.165) is 24.2 Å². The Bertz CT molecular complexity index is 1010. The molecule has 2 aliphatic rings. The maximum Gasteiger partial charge on any atom is 0.325 e. The summed E-state index contributed by atoms with van der Waals surface area (Å²) in [6.45, 7) is -0.401. The van der Waals surface area contributed by atoms with Gasteiger partial charge in [0.15, 0.2) is 5.82 Å². The Kier molecular flexibility index (Phi) is 5.49. The predicted octanol–water partition coefficient (Wildman–Crippen LogP) is 1.68. The molecule has 1 aliphatic carbocycles. The number of aromatic amines is 1. The number of imide groups is 1. The second kappa shape index (κ2) is 8.25. The molecule has 4 amide bonds. The molecule has 11 nitrogen and oxygen atoms in total. The molecular weight excluding hydrogens is 404 g/mol. The number of H-pyrrole nitrogens is 1. The molecule has 1 saturated heterocycles. The van der Waals surface area contributed by atoms with Gasteiger partial charge in [0.05, 0.1) is 19.8 Å². The summed E-state index contributed by atoms with van der Waals surface area (Å²) in [4.78, 5) is 42.8. The highest BCUT2D eigenvalue weighted by atomic mass is 16.5. The van der Waals surface area contributed by atoms with Gasteiger partial charge in [-0.1, -0.05) is 19.3 Å². The van der Waals surface area contributed by atoms with Gasteiger partial charge in [0.2, 0.25) is 11.9 Å². The van der Waals surface area contributed by atoms with Crippen molar-refractivity contribution in [1.29, 1.82) is 0 Å². The number of rotatable bonds is 6. The minimum Gasteiger partial charge on any atom is -0.497 e. The molecule has 164 valence electrons. The topological polar surface area (TPSA) is 139 Å². The summed E-state index contributed by atoms with van der Waals surface area (Å²) < 4.78 is 10.5. The summed E-state index contributed by atoms with van der Waals surface area (Å²) in [6, 6.07) is 4.66. The summed E-state index contributed by atoms with van der Waals surface area (Å²) in [5.74, 6) is 0.640. The van der Waals surface area contributed by atoms with Crippen molar-refractivity contribution in [2.24, 2.45) is 0 Å².